The molecule has 2 saturated carbocycles. The average molecular weight is 268 g/mol. The lowest BCUT2D eigenvalue weighted by Gasteiger charge is -2.22. The minimum absolute atomic E-state index is 0.0668. The number of rotatable bonds is 4. The average Bonchev–Trinajstić information content (AvgIpc) is 3.00. The summed E-state index contributed by atoms with van der Waals surface area (Å²) < 4.78 is 26.8. The van der Waals surface area contributed by atoms with Crippen molar-refractivity contribution >= 4 is 11.6 Å². The third-order valence-electron chi connectivity index (χ3n) is 4.48. The lowest BCUT2D eigenvalue weighted by atomic mass is 9.89. The number of nitrogens with two attached hydrogens (primary N) is 1. The molecule has 0 aliphatic heterocycles. The topological polar surface area (TPSA) is 63.0 Å². The zero-order valence-corrected chi connectivity index (χ0v) is 10.6. The van der Waals surface area contributed by atoms with Gasteiger partial charge in [-0.1, -0.05) is 6.42 Å². The highest BCUT2D eigenvalue weighted by Gasteiger charge is 2.39. The monoisotopic (exact) mass is 268 g/mol. The summed E-state index contributed by atoms with van der Waals surface area (Å²) in [4.78, 5) is 3.82. The van der Waals surface area contributed by atoms with Gasteiger partial charge < -0.3 is 10.7 Å². The highest BCUT2D eigenvalue weighted by molar-refractivity contribution is 5.46. The molecule has 2 bridgehead atoms. The van der Waals surface area contributed by atoms with Crippen LogP contribution in [0.4, 0.5) is 20.4 Å². The molecule has 0 radical (unpaired) electrons. The molecule has 0 saturated heterocycles. The second kappa shape index (κ2) is 4.92. The third kappa shape index (κ3) is 2.36. The fourth-order valence-corrected chi connectivity index (χ4v) is 3.55. The van der Waals surface area contributed by atoms with Crippen LogP contribution in [0.2, 0.25) is 0 Å². The van der Waals surface area contributed by atoms with E-state index in [1.165, 1.54) is 25.7 Å². The third-order valence-corrected chi connectivity index (χ3v) is 4.48. The van der Waals surface area contributed by atoms with E-state index in [0.717, 1.165) is 17.9 Å². The van der Waals surface area contributed by atoms with Crippen molar-refractivity contribution in [1.82, 2.24) is 4.98 Å². The van der Waals surface area contributed by atoms with Crippen molar-refractivity contribution < 1.29 is 8.78 Å². The fourth-order valence-electron chi connectivity index (χ4n) is 3.55. The first-order chi connectivity index (χ1) is 9.17. The van der Waals surface area contributed by atoms with Gasteiger partial charge in [0.25, 0.3) is 0 Å². The number of aromatic nitrogens is 1. The summed E-state index contributed by atoms with van der Waals surface area (Å²) >= 11 is 0. The van der Waals surface area contributed by atoms with Crippen LogP contribution in [0, 0.1) is 29.4 Å². The summed E-state index contributed by atoms with van der Waals surface area (Å²) in [6, 6.07) is 0.797. The van der Waals surface area contributed by atoms with E-state index in [1.54, 1.807) is 0 Å². The molecule has 3 unspecified atom stereocenters. The van der Waals surface area contributed by atoms with E-state index >= 15 is 0 Å². The number of halogens is 2. The van der Waals surface area contributed by atoms with Gasteiger partial charge in [-0.3, -0.25) is 0 Å². The molecule has 1 aromatic heterocycles. The van der Waals surface area contributed by atoms with Crippen molar-refractivity contribution in [3.05, 3.63) is 17.7 Å². The highest BCUT2D eigenvalue weighted by Crippen LogP contribution is 2.48. The van der Waals surface area contributed by atoms with Gasteiger partial charge in [-0.15, -0.1) is 0 Å². The van der Waals surface area contributed by atoms with Gasteiger partial charge in [0.05, 0.1) is 0 Å². The molecule has 0 aromatic carbocycles. The maximum absolute atomic E-state index is 13.6. The molecule has 2 aliphatic carbocycles. The molecular formula is C13H18F2N4. The standard InChI is InChI=1S/C13H18F2N4/c14-10-5-11(15)13(19-16)18-12(10)17-6-9-4-7-1-2-8(9)3-7/h5,7-9H,1-4,6,16H2,(H2,17,18,19). The molecule has 0 spiro atoms. The van der Waals surface area contributed by atoms with Crippen molar-refractivity contribution in [2.24, 2.45) is 23.6 Å². The van der Waals surface area contributed by atoms with E-state index in [-0.39, 0.29) is 11.6 Å². The van der Waals surface area contributed by atoms with Crippen molar-refractivity contribution in [2.45, 2.75) is 25.7 Å². The number of fused-ring (bicyclic) bond motifs is 2. The second-order valence-corrected chi connectivity index (χ2v) is 5.61. The lowest BCUT2D eigenvalue weighted by Crippen LogP contribution is -2.21. The number of nitrogen functional groups attached to an aromatic ring is 1. The Balaban J connectivity index is 1.66. The Morgan fingerprint density at radius 3 is 2.63 bits per heavy atom. The molecule has 1 aromatic rings. The Bertz CT molecular complexity index is 480. The molecular weight excluding hydrogens is 250 g/mol. The number of pyridine rings is 1. The highest BCUT2D eigenvalue weighted by atomic mass is 19.1. The molecule has 4 nitrogen and oxygen atoms in total. The van der Waals surface area contributed by atoms with Gasteiger partial charge in [-0.2, -0.15) is 0 Å². The molecule has 2 fully saturated rings. The summed E-state index contributed by atoms with van der Waals surface area (Å²) in [6.45, 7) is 0.695. The van der Waals surface area contributed by atoms with Crippen LogP contribution in [0.25, 0.3) is 0 Å². The van der Waals surface area contributed by atoms with Crippen LogP contribution in [0.5, 0.6) is 0 Å². The van der Waals surface area contributed by atoms with E-state index in [9.17, 15) is 8.78 Å². The number of hydrogen-bond donors (Lipinski definition) is 3. The Kier molecular flexibility index (Phi) is 3.26. The molecule has 1 heterocycles. The van der Waals surface area contributed by atoms with Crippen LogP contribution in [0.3, 0.4) is 0 Å². The van der Waals surface area contributed by atoms with Gasteiger partial charge >= 0.3 is 0 Å². The van der Waals surface area contributed by atoms with Gasteiger partial charge in [0, 0.05) is 12.6 Å². The minimum Gasteiger partial charge on any atom is -0.367 e. The van der Waals surface area contributed by atoms with Gasteiger partial charge in [0.1, 0.15) is 0 Å². The molecule has 0 amide bonds. The number of nitrogens with one attached hydrogen (secondary N) is 2. The summed E-state index contributed by atoms with van der Waals surface area (Å²) in [5.74, 6) is 5.78. The summed E-state index contributed by atoms with van der Waals surface area (Å²) in [7, 11) is 0. The van der Waals surface area contributed by atoms with Crippen LogP contribution < -0.4 is 16.6 Å². The largest absolute Gasteiger partial charge is 0.367 e. The quantitative estimate of drug-likeness (QED) is 0.580. The SMILES string of the molecule is NNc1nc(NCC2CC3CCC2C3)c(F)cc1F. The molecule has 6 heteroatoms. The Hall–Kier alpha value is -1.43. The van der Waals surface area contributed by atoms with Gasteiger partial charge in [0.15, 0.2) is 23.3 Å². The van der Waals surface area contributed by atoms with Crippen LogP contribution in [0.1, 0.15) is 25.7 Å². The smallest absolute Gasteiger partial charge is 0.178 e. The van der Waals surface area contributed by atoms with Crippen LogP contribution in [-0.2, 0) is 0 Å². The number of hydrogen-bond acceptors (Lipinski definition) is 4. The minimum atomic E-state index is -0.787. The summed E-state index contributed by atoms with van der Waals surface area (Å²) in [6.07, 6.45) is 5.14. The van der Waals surface area contributed by atoms with Crippen LogP contribution in [0.15, 0.2) is 6.07 Å². The summed E-state index contributed by atoms with van der Waals surface area (Å²) in [5, 5.41) is 2.99. The molecule has 3 atom stereocenters. The number of nitrogens with zero attached hydrogens (tertiary/aromatic N) is 1. The normalized spacial score (nSPS) is 28.7. The van der Waals surface area contributed by atoms with Gasteiger partial charge in [0.2, 0.25) is 0 Å². The Morgan fingerprint density at radius 2 is 2.00 bits per heavy atom. The summed E-state index contributed by atoms with van der Waals surface area (Å²) in [5.41, 5.74) is 2.13. The van der Waals surface area contributed by atoms with E-state index in [1.807, 2.05) is 0 Å². The van der Waals surface area contributed by atoms with Gasteiger partial charge in [-0.05, 0) is 37.0 Å². The molecule has 19 heavy (non-hydrogen) atoms. The first kappa shape index (κ1) is 12.6. The van der Waals surface area contributed by atoms with E-state index < -0.39 is 11.6 Å². The van der Waals surface area contributed by atoms with Crippen LogP contribution >= 0.6 is 0 Å². The van der Waals surface area contributed by atoms with E-state index in [0.29, 0.717) is 12.5 Å². The predicted molar refractivity (Wildman–Crippen MR) is 69.4 cm³/mol. The maximum Gasteiger partial charge on any atom is 0.178 e. The molecule has 3 rings (SSSR count). The Morgan fingerprint density at radius 1 is 1.21 bits per heavy atom. The van der Waals surface area contributed by atoms with Gasteiger partial charge in [-0.25, -0.2) is 19.6 Å². The lowest BCUT2D eigenvalue weighted by molar-refractivity contribution is 0.348. The van der Waals surface area contributed by atoms with Crippen LogP contribution in [-0.4, -0.2) is 11.5 Å². The predicted octanol–water partition coefficient (Wildman–Crippen LogP) is 2.49. The van der Waals surface area contributed by atoms with Crippen molar-refractivity contribution in [3.63, 3.8) is 0 Å². The van der Waals surface area contributed by atoms with E-state index in [4.69, 9.17) is 5.84 Å². The second-order valence-electron chi connectivity index (χ2n) is 5.61. The zero-order chi connectivity index (χ0) is 13.4. The maximum atomic E-state index is 13.6. The first-order valence-corrected chi connectivity index (χ1v) is 6.74. The van der Waals surface area contributed by atoms with E-state index in [2.05, 4.69) is 15.7 Å². The zero-order valence-electron chi connectivity index (χ0n) is 10.6. The molecule has 104 valence electrons. The van der Waals surface area contributed by atoms with Crippen molar-refractivity contribution in [3.8, 4) is 0 Å². The molecule has 4 N–H and O–H groups in total. The fraction of sp³-hybridized carbons (Fsp3) is 0.615. The number of anilines is 2. The number of hydrazine groups is 1. The van der Waals surface area contributed by atoms with Crippen molar-refractivity contribution in [2.75, 3.05) is 17.3 Å². The first-order valence-electron chi connectivity index (χ1n) is 6.74. The van der Waals surface area contributed by atoms with Crippen molar-refractivity contribution in [1.29, 1.82) is 0 Å². The Labute approximate surface area is 110 Å². The molecule has 2 aliphatic rings.